The van der Waals surface area contributed by atoms with E-state index in [1.807, 2.05) is 6.07 Å². The minimum atomic E-state index is 1.06. The molecule has 0 aliphatic heterocycles. The van der Waals surface area contributed by atoms with Gasteiger partial charge in [0.2, 0.25) is 0 Å². The second-order valence-electron chi connectivity index (χ2n) is 3.76. The van der Waals surface area contributed by atoms with E-state index in [2.05, 4.69) is 56.3 Å². The second kappa shape index (κ2) is 4.31. The molecule has 75 valence electrons. The third-order valence-corrected chi connectivity index (χ3v) is 2.52. The SMILES string of the molecule is CCC=C1[C]=C(c2ccccc2)C(C)=C1. The fourth-order valence-corrected chi connectivity index (χ4v) is 1.82. The van der Waals surface area contributed by atoms with Crippen molar-refractivity contribution >= 4 is 5.57 Å². The average molecular weight is 195 g/mol. The molecule has 0 unspecified atom stereocenters. The van der Waals surface area contributed by atoms with Crippen molar-refractivity contribution in [2.45, 2.75) is 20.3 Å². The first-order valence-electron chi connectivity index (χ1n) is 5.39. The summed E-state index contributed by atoms with van der Waals surface area (Å²) < 4.78 is 0. The van der Waals surface area contributed by atoms with Gasteiger partial charge in [0.1, 0.15) is 0 Å². The molecule has 0 nitrogen and oxygen atoms in total. The van der Waals surface area contributed by atoms with Crippen molar-refractivity contribution in [3.05, 3.63) is 65.3 Å². The van der Waals surface area contributed by atoms with Crippen molar-refractivity contribution < 1.29 is 0 Å². The van der Waals surface area contributed by atoms with Crippen LogP contribution in [0.2, 0.25) is 0 Å². The molecule has 15 heavy (non-hydrogen) atoms. The predicted molar refractivity (Wildman–Crippen MR) is 65.2 cm³/mol. The Bertz CT molecular complexity index is 430. The molecular formula is C15H15. The van der Waals surface area contributed by atoms with E-state index in [1.165, 1.54) is 22.3 Å². The molecule has 2 rings (SSSR count). The molecule has 0 atom stereocenters. The fraction of sp³-hybridized carbons (Fsp3) is 0.200. The van der Waals surface area contributed by atoms with Gasteiger partial charge in [0.15, 0.2) is 0 Å². The first-order valence-corrected chi connectivity index (χ1v) is 5.39. The van der Waals surface area contributed by atoms with E-state index in [0.29, 0.717) is 0 Å². The van der Waals surface area contributed by atoms with E-state index in [4.69, 9.17) is 0 Å². The van der Waals surface area contributed by atoms with E-state index in [9.17, 15) is 0 Å². The highest BCUT2D eigenvalue weighted by molar-refractivity contribution is 5.83. The topological polar surface area (TPSA) is 0 Å². The molecule has 0 aromatic heterocycles. The Kier molecular flexibility index (Phi) is 2.86. The van der Waals surface area contributed by atoms with Gasteiger partial charge in [-0.15, -0.1) is 0 Å². The van der Waals surface area contributed by atoms with Gasteiger partial charge in [-0.05, 0) is 41.7 Å². The molecule has 1 radical (unpaired) electrons. The van der Waals surface area contributed by atoms with Gasteiger partial charge >= 0.3 is 0 Å². The summed E-state index contributed by atoms with van der Waals surface area (Å²) in [6, 6.07) is 10.4. The third-order valence-electron chi connectivity index (χ3n) is 2.52. The zero-order valence-corrected chi connectivity index (χ0v) is 9.25. The van der Waals surface area contributed by atoms with Gasteiger partial charge < -0.3 is 0 Å². The van der Waals surface area contributed by atoms with E-state index >= 15 is 0 Å². The molecule has 0 fully saturated rings. The van der Waals surface area contributed by atoms with Crippen LogP contribution < -0.4 is 0 Å². The highest BCUT2D eigenvalue weighted by Gasteiger charge is 2.10. The van der Waals surface area contributed by atoms with Crippen LogP contribution in [0, 0.1) is 6.08 Å². The summed E-state index contributed by atoms with van der Waals surface area (Å²) in [5, 5.41) is 0. The quantitative estimate of drug-likeness (QED) is 0.664. The number of allylic oxidation sites excluding steroid dienone is 6. The van der Waals surface area contributed by atoms with Gasteiger partial charge in [-0.1, -0.05) is 49.4 Å². The number of hydrogen-bond donors (Lipinski definition) is 0. The first kappa shape index (κ1) is 9.97. The Morgan fingerprint density at radius 1 is 1.20 bits per heavy atom. The summed E-state index contributed by atoms with van der Waals surface area (Å²) in [6.45, 7) is 4.30. The second-order valence-corrected chi connectivity index (χ2v) is 3.76. The van der Waals surface area contributed by atoms with Gasteiger partial charge in [-0.2, -0.15) is 0 Å². The van der Waals surface area contributed by atoms with Crippen LogP contribution in [-0.4, -0.2) is 0 Å². The summed E-state index contributed by atoms with van der Waals surface area (Å²) in [5.41, 5.74) is 5.01. The molecular weight excluding hydrogens is 180 g/mol. The van der Waals surface area contributed by atoms with Crippen LogP contribution in [0.5, 0.6) is 0 Å². The van der Waals surface area contributed by atoms with Crippen LogP contribution >= 0.6 is 0 Å². The maximum absolute atomic E-state index is 3.44. The van der Waals surface area contributed by atoms with Gasteiger partial charge in [0.25, 0.3) is 0 Å². The molecule has 0 spiro atoms. The Hall–Kier alpha value is -1.56. The van der Waals surface area contributed by atoms with Crippen LogP contribution in [0.15, 0.2) is 53.6 Å². The van der Waals surface area contributed by atoms with Gasteiger partial charge in [-0.3, -0.25) is 0 Å². The van der Waals surface area contributed by atoms with Gasteiger partial charge in [-0.25, -0.2) is 0 Å². The zero-order chi connectivity index (χ0) is 10.7. The highest BCUT2D eigenvalue weighted by atomic mass is 14.1. The Morgan fingerprint density at radius 2 is 1.93 bits per heavy atom. The molecule has 1 aromatic rings. The van der Waals surface area contributed by atoms with Crippen molar-refractivity contribution in [1.82, 2.24) is 0 Å². The van der Waals surface area contributed by atoms with Crippen LogP contribution in [0.1, 0.15) is 25.8 Å². The van der Waals surface area contributed by atoms with Crippen molar-refractivity contribution in [2.24, 2.45) is 0 Å². The maximum atomic E-state index is 3.44. The standard InChI is InChI=1S/C15H15/c1-3-7-13-10-12(2)15(11-13)14-8-5-4-6-9-14/h4-10H,3H2,1-2H3. The highest BCUT2D eigenvalue weighted by Crippen LogP contribution is 2.30. The largest absolute Gasteiger partial charge is 0.0769 e. The van der Waals surface area contributed by atoms with Crippen LogP contribution in [0.25, 0.3) is 5.57 Å². The van der Waals surface area contributed by atoms with E-state index in [1.54, 1.807) is 0 Å². The lowest BCUT2D eigenvalue weighted by Crippen LogP contribution is -1.81. The summed E-state index contributed by atoms with van der Waals surface area (Å²) in [7, 11) is 0. The Balaban J connectivity index is 2.37. The normalized spacial score (nSPS) is 17.9. The van der Waals surface area contributed by atoms with Crippen molar-refractivity contribution in [1.29, 1.82) is 0 Å². The molecule has 0 saturated carbocycles. The minimum Gasteiger partial charge on any atom is -0.0769 e. The van der Waals surface area contributed by atoms with Crippen molar-refractivity contribution in [3.63, 3.8) is 0 Å². The molecule has 0 amide bonds. The summed E-state index contributed by atoms with van der Waals surface area (Å²) in [6.07, 6.45) is 8.91. The Labute approximate surface area is 91.6 Å². The first-order chi connectivity index (χ1) is 7.31. The monoisotopic (exact) mass is 195 g/mol. The summed E-state index contributed by atoms with van der Waals surface area (Å²) in [4.78, 5) is 0. The molecule has 0 saturated heterocycles. The van der Waals surface area contributed by atoms with Gasteiger partial charge in [0, 0.05) is 0 Å². The third kappa shape index (κ3) is 2.10. The number of rotatable bonds is 2. The predicted octanol–water partition coefficient (Wildman–Crippen LogP) is 4.17. The zero-order valence-electron chi connectivity index (χ0n) is 9.25. The molecule has 1 aliphatic carbocycles. The fourth-order valence-electron chi connectivity index (χ4n) is 1.82. The lowest BCUT2D eigenvalue weighted by atomic mass is 10.0. The van der Waals surface area contributed by atoms with Crippen LogP contribution in [-0.2, 0) is 0 Å². The molecule has 0 bridgehead atoms. The lowest BCUT2D eigenvalue weighted by Gasteiger charge is -2.02. The maximum Gasteiger partial charge on any atom is -0.00210 e. The number of hydrogen-bond acceptors (Lipinski definition) is 0. The number of benzene rings is 1. The lowest BCUT2D eigenvalue weighted by molar-refractivity contribution is 1.21. The molecule has 0 N–H and O–H groups in total. The van der Waals surface area contributed by atoms with Gasteiger partial charge in [0.05, 0.1) is 0 Å². The molecule has 0 heteroatoms. The van der Waals surface area contributed by atoms with E-state index < -0.39 is 0 Å². The molecule has 1 aliphatic rings. The minimum absolute atomic E-state index is 1.06. The molecule has 1 aromatic carbocycles. The average Bonchev–Trinajstić information content (AvgIpc) is 2.61. The van der Waals surface area contributed by atoms with Crippen molar-refractivity contribution in [2.75, 3.05) is 0 Å². The summed E-state index contributed by atoms with van der Waals surface area (Å²) in [5.74, 6) is 0. The molecule has 0 heterocycles. The van der Waals surface area contributed by atoms with Crippen molar-refractivity contribution in [3.8, 4) is 0 Å². The van der Waals surface area contributed by atoms with Crippen LogP contribution in [0.4, 0.5) is 0 Å². The summed E-state index contributed by atoms with van der Waals surface area (Å²) >= 11 is 0. The smallest absolute Gasteiger partial charge is 0.00210 e. The Morgan fingerprint density at radius 3 is 2.60 bits per heavy atom. The van der Waals surface area contributed by atoms with E-state index in [-0.39, 0.29) is 0 Å². The van der Waals surface area contributed by atoms with E-state index in [0.717, 1.165) is 6.42 Å². The van der Waals surface area contributed by atoms with Crippen LogP contribution in [0.3, 0.4) is 0 Å².